The summed E-state index contributed by atoms with van der Waals surface area (Å²) in [7, 11) is 1.61. The number of methoxy groups -OCH3 is 1. The smallest absolute Gasteiger partial charge is 0.407 e. The van der Waals surface area contributed by atoms with Gasteiger partial charge in [0.05, 0.1) is 19.8 Å². The molecule has 2 aliphatic rings. The van der Waals surface area contributed by atoms with Gasteiger partial charge in [0.1, 0.15) is 11.9 Å². The fourth-order valence-corrected chi connectivity index (χ4v) is 6.31. The first kappa shape index (κ1) is 26.3. The van der Waals surface area contributed by atoms with Crippen molar-refractivity contribution in [2.45, 2.75) is 71.6 Å². The summed E-state index contributed by atoms with van der Waals surface area (Å²) in [5.74, 6) is 0.436. The first-order chi connectivity index (χ1) is 16.2. The molecule has 0 aliphatic heterocycles. The fraction of sp³-hybridized carbons (Fsp3) is 0.692. The Morgan fingerprint density at radius 3 is 2.44 bits per heavy atom. The first-order valence-electron chi connectivity index (χ1n) is 12.3. The Hall–Kier alpha value is -2.32. The topological polar surface area (TPSA) is 117 Å². The van der Waals surface area contributed by atoms with Gasteiger partial charge in [0.25, 0.3) is 0 Å². The maximum absolute atomic E-state index is 12.9. The van der Waals surface area contributed by atoms with Crippen molar-refractivity contribution in [2.24, 2.45) is 22.7 Å². The van der Waals surface area contributed by atoms with E-state index in [2.05, 4.69) is 17.6 Å². The number of hydrogen-bond donors (Lipinski definition) is 4. The zero-order chi connectivity index (χ0) is 24.9. The standard InChI is InChI=1S/C26H40N2O6/c1-5-27-24(32)34-22-12-13-25(2)19(20(30)10-11-21(25)26(22,3)16-29)14-23(31)28-15-17-6-8-18(33-4)9-7-17/h6-9,19-22,29-30H,5,10-16H2,1-4H3,(H,27,32)(H,28,31)/t19-,20-,21-,22+,25-,26+/m1/s1. The van der Waals surface area contributed by atoms with Crippen LogP contribution in [0.15, 0.2) is 24.3 Å². The monoisotopic (exact) mass is 476 g/mol. The lowest BCUT2D eigenvalue weighted by molar-refractivity contribution is -0.185. The van der Waals surface area contributed by atoms with E-state index in [9.17, 15) is 19.8 Å². The molecule has 0 spiro atoms. The number of aliphatic hydroxyl groups excluding tert-OH is 2. The summed E-state index contributed by atoms with van der Waals surface area (Å²) in [5, 5.41) is 27.0. The quantitative estimate of drug-likeness (QED) is 0.458. The Bertz CT molecular complexity index is 846. The summed E-state index contributed by atoms with van der Waals surface area (Å²) in [5.41, 5.74) is -0.0256. The number of carbonyl (C=O) groups excluding carboxylic acids is 2. The Morgan fingerprint density at radius 1 is 1.12 bits per heavy atom. The van der Waals surface area contributed by atoms with Crippen molar-refractivity contribution >= 4 is 12.0 Å². The molecular weight excluding hydrogens is 436 g/mol. The largest absolute Gasteiger partial charge is 0.497 e. The van der Waals surface area contributed by atoms with E-state index in [1.54, 1.807) is 7.11 Å². The van der Waals surface area contributed by atoms with Crippen molar-refractivity contribution in [3.63, 3.8) is 0 Å². The molecule has 8 heteroatoms. The van der Waals surface area contributed by atoms with E-state index in [0.29, 0.717) is 38.8 Å². The van der Waals surface area contributed by atoms with E-state index in [1.807, 2.05) is 38.1 Å². The Balaban J connectivity index is 1.71. The van der Waals surface area contributed by atoms with Gasteiger partial charge in [-0.2, -0.15) is 0 Å². The zero-order valence-corrected chi connectivity index (χ0v) is 20.8. The van der Waals surface area contributed by atoms with Crippen molar-refractivity contribution in [2.75, 3.05) is 20.3 Å². The molecule has 2 fully saturated rings. The highest BCUT2D eigenvalue weighted by Crippen LogP contribution is 2.61. The maximum Gasteiger partial charge on any atom is 0.407 e. The van der Waals surface area contributed by atoms with Crippen LogP contribution < -0.4 is 15.4 Å². The molecule has 0 bridgehead atoms. The Morgan fingerprint density at radius 2 is 1.82 bits per heavy atom. The summed E-state index contributed by atoms with van der Waals surface area (Å²) < 4.78 is 10.9. The fourth-order valence-electron chi connectivity index (χ4n) is 6.31. The van der Waals surface area contributed by atoms with Gasteiger partial charge >= 0.3 is 6.09 Å². The molecule has 0 saturated heterocycles. The van der Waals surface area contributed by atoms with Crippen molar-refractivity contribution < 1.29 is 29.3 Å². The van der Waals surface area contributed by atoms with Crippen molar-refractivity contribution in [1.82, 2.24) is 10.6 Å². The van der Waals surface area contributed by atoms with Crippen LogP contribution >= 0.6 is 0 Å². The van der Waals surface area contributed by atoms with Gasteiger partial charge in [-0.05, 0) is 67.6 Å². The van der Waals surface area contributed by atoms with E-state index in [1.165, 1.54) is 0 Å². The highest BCUT2D eigenvalue weighted by atomic mass is 16.6. The average Bonchev–Trinajstić information content (AvgIpc) is 2.82. The predicted molar refractivity (Wildman–Crippen MR) is 128 cm³/mol. The first-order valence-corrected chi connectivity index (χ1v) is 12.3. The van der Waals surface area contributed by atoms with Crippen LogP contribution in [0.3, 0.4) is 0 Å². The molecule has 3 rings (SSSR count). The average molecular weight is 477 g/mol. The summed E-state index contributed by atoms with van der Waals surface area (Å²) in [6.45, 7) is 6.68. The van der Waals surface area contributed by atoms with Crippen molar-refractivity contribution in [3.05, 3.63) is 29.8 Å². The minimum atomic E-state index is -0.643. The Kier molecular flexibility index (Phi) is 8.47. The predicted octanol–water partition coefficient (Wildman–Crippen LogP) is 3.00. The van der Waals surface area contributed by atoms with Gasteiger partial charge in [-0.15, -0.1) is 0 Å². The molecular formula is C26H40N2O6. The lowest BCUT2D eigenvalue weighted by Crippen LogP contribution is -2.61. The van der Waals surface area contributed by atoms with Crippen LogP contribution in [-0.2, 0) is 16.1 Å². The van der Waals surface area contributed by atoms with Crippen LogP contribution in [0.25, 0.3) is 0 Å². The number of rotatable bonds is 8. The molecule has 2 aliphatic carbocycles. The minimum absolute atomic E-state index is 0.0148. The number of nitrogens with one attached hydrogen (secondary N) is 2. The number of hydrogen-bond acceptors (Lipinski definition) is 6. The van der Waals surface area contributed by atoms with Gasteiger partial charge < -0.3 is 30.3 Å². The van der Waals surface area contributed by atoms with Gasteiger partial charge in [-0.25, -0.2) is 4.79 Å². The van der Waals surface area contributed by atoms with E-state index < -0.39 is 23.7 Å². The summed E-state index contributed by atoms with van der Waals surface area (Å²) in [4.78, 5) is 25.0. The molecule has 6 atom stereocenters. The molecule has 0 radical (unpaired) electrons. The number of benzene rings is 1. The van der Waals surface area contributed by atoms with Gasteiger partial charge in [-0.1, -0.05) is 26.0 Å². The lowest BCUT2D eigenvalue weighted by atomic mass is 9.46. The second-order valence-corrected chi connectivity index (χ2v) is 10.3. The molecule has 0 aromatic heterocycles. The molecule has 34 heavy (non-hydrogen) atoms. The SMILES string of the molecule is CCNC(=O)O[C@H]1CC[C@@]2(C)[C@@H](CC[C@@H](O)[C@H]2CC(=O)NCc2ccc(OC)cc2)[C@]1(C)CO. The third-order valence-electron chi connectivity index (χ3n) is 8.30. The van der Waals surface area contributed by atoms with Crippen molar-refractivity contribution in [1.29, 1.82) is 0 Å². The van der Waals surface area contributed by atoms with Crippen LogP contribution in [-0.4, -0.2) is 54.7 Å². The second kappa shape index (κ2) is 11.0. The number of ether oxygens (including phenoxy) is 2. The molecule has 190 valence electrons. The molecule has 0 heterocycles. The number of fused-ring (bicyclic) bond motifs is 1. The highest BCUT2D eigenvalue weighted by Gasteiger charge is 2.60. The molecule has 0 unspecified atom stereocenters. The van der Waals surface area contributed by atoms with Crippen LogP contribution in [0.4, 0.5) is 4.79 Å². The molecule has 2 saturated carbocycles. The van der Waals surface area contributed by atoms with E-state index in [4.69, 9.17) is 9.47 Å². The zero-order valence-electron chi connectivity index (χ0n) is 20.8. The van der Waals surface area contributed by atoms with E-state index >= 15 is 0 Å². The number of amides is 2. The summed E-state index contributed by atoms with van der Waals surface area (Å²) in [6, 6.07) is 7.53. The van der Waals surface area contributed by atoms with Crippen LogP contribution in [0.2, 0.25) is 0 Å². The maximum atomic E-state index is 12.9. The third kappa shape index (κ3) is 5.33. The summed E-state index contributed by atoms with van der Waals surface area (Å²) in [6.07, 6.45) is 1.31. The number of carbonyl (C=O) groups is 2. The second-order valence-electron chi connectivity index (χ2n) is 10.3. The van der Waals surface area contributed by atoms with E-state index in [-0.39, 0.29) is 36.2 Å². The minimum Gasteiger partial charge on any atom is -0.497 e. The lowest BCUT2D eigenvalue weighted by Gasteiger charge is -2.60. The van der Waals surface area contributed by atoms with Gasteiger partial charge in [0, 0.05) is 24.9 Å². The Labute approximate surface area is 202 Å². The molecule has 8 nitrogen and oxygen atoms in total. The van der Waals surface area contributed by atoms with Crippen LogP contribution in [0, 0.1) is 22.7 Å². The van der Waals surface area contributed by atoms with Gasteiger partial charge in [0.15, 0.2) is 0 Å². The molecule has 1 aromatic carbocycles. The third-order valence-corrected chi connectivity index (χ3v) is 8.30. The van der Waals surface area contributed by atoms with Gasteiger partial charge in [-0.3, -0.25) is 4.79 Å². The van der Waals surface area contributed by atoms with Crippen LogP contribution in [0.5, 0.6) is 5.75 Å². The molecule has 2 amide bonds. The number of alkyl carbamates (subject to hydrolysis) is 1. The normalized spacial score (nSPS) is 32.9. The highest BCUT2D eigenvalue weighted by molar-refractivity contribution is 5.76. The van der Waals surface area contributed by atoms with Crippen LogP contribution in [0.1, 0.15) is 58.4 Å². The molecule has 1 aromatic rings. The van der Waals surface area contributed by atoms with Crippen molar-refractivity contribution in [3.8, 4) is 5.75 Å². The molecule has 4 N–H and O–H groups in total. The van der Waals surface area contributed by atoms with Gasteiger partial charge in [0.2, 0.25) is 5.91 Å². The number of aliphatic hydroxyl groups is 2. The summed E-state index contributed by atoms with van der Waals surface area (Å²) >= 11 is 0. The van der Waals surface area contributed by atoms with E-state index in [0.717, 1.165) is 11.3 Å².